The fourth-order valence-corrected chi connectivity index (χ4v) is 2.56. The quantitative estimate of drug-likeness (QED) is 0.855. The maximum atomic E-state index is 12.2. The third-order valence-corrected chi connectivity index (χ3v) is 3.62. The number of hydrogen-bond acceptors (Lipinski definition) is 3. The van der Waals surface area contributed by atoms with E-state index in [4.69, 9.17) is 4.74 Å². The van der Waals surface area contributed by atoms with Gasteiger partial charge in [-0.05, 0) is 68.4 Å². The Morgan fingerprint density at radius 3 is 2.53 bits per heavy atom. The van der Waals surface area contributed by atoms with Gasteiger partial charge in [0.2, 0.25) is 0 Å². The summed E-state index contributed by atoms with van der Waals surface area (Å²) in [5.74, 6) is 0.637. The first-order chi connectivity index (χ1) is 9.03. The van der Waals surface area contributed by atoms with Crippen LogP contribution in [0.3, 0.4) is 0 Å². The van der Waals surface area contributed by atoms with E-state index in [0.29, 0.717) is 5.75 Å². The molecule has 19 heavy (non-hydrogen) atoms. The molecule has 1 fully saturated rings. The van der Waals surface area contributed by atoms with Crippen LogP contribution in [0.5, 0.6) is 5.75 Å². The highest BCUT2D eigenvalue weighted by Crippen LogP contribution is 2.37. The second kappa shape index (κ2) is 6.52. The molecule has 2 rings (SSSR count). The molecule has 1 N–H and O–H groups in total. The van der Waals surface area contributed by atoms with Gasteiger partial charge in [-0.25, -0.2) is 0 Å². The van der Waals surface area contributed by atoms with Crippen LogP contribution in [0.25, 0.3) is 0 Å². The van der Waals surface area contributed by atoms with Gasteiger partial charge in [0.1, 0.15) is 5.75 Å². The smallest absolute Gasteiger partial charge is 0.446 e. The summed E-state index contributed by atoms with van der Waals surface area (Å²) >= 11 is -0.107. The van der Waals surface area contributed by atoms with E-state index in [1.807, 2.05) is 0 Å². The Hall–Kier alpha value is -0.880. The van der Waals surface area contributed by atoms with Gasteiger partial charge in [-0.3, -0.25) is 0 Å². The summed E-state index contributed by atoms with van der Waals surface area (Å²) in [7, 11) is 0. The zero-order chi connectivity index (χ0) is 13.7. The van der Waals surface area contributed by atoms with Crippen molar-refractivity contribution in [2.24, 2.45) is 0 Å². The summed E-state index contributed by atoms with van der Waals surface area (Å²) in [4.78, 5) is 0.183. The molecule has 0 radical (unpaired) electrons. The van der Waals surface area contributed by atoms with E-state index in [1.165, 1.54) is 12.1 Å². The molecule has 1 unspecified atom stereocenters. The number of ether oxygens (including phenoxy) is 1. The SMILES string of the molecule is FC(F)(F)Sc1ccc(OC2CCCNCC2)cc1. The number of benzene rings is 1. The van der Waals surface area contributed by atoms with Gasteiger partial charge in [-0.15, -0.1) is 0 Å². The fourth-order valence-electron chi connectivity index (χ4n) is 2.02. The van der Waals surface area contributed by atoms with Crippen molar-refractivity contribution in [1.82, 2.24) is 5.32 Å². The minimum absolute atomic E-state index is 0.107. The summed E-state index contributed by atoms with van der Waals surface area (Å²) in [6.07, 6.45) is 3.12. The van der Waals surface area contributed by atoms with E-state index in [2.05, 4.69) is 5.32 Å². The van der Waals surface area contributed by atoms with Crippen LogP contribution in [0.2, 0.25) is 0 Å². The number of alkyl halides is 3. The Morgan fingerprint density at radius 1 is 1.11 bits per heavy atom. The van der Waals surface area contributed by atoms with E-state index < -0.39 is 5.51 Å². The van der Waals surface area contributed by atoms with Gasteiger partial charge in [0.15, 0.2) is 0 Å². The first-order valence-electron chi connectivity index (χ1n) is 6.26. The van der Waals surface area contributed by atoms with Crippen molar-refractivity contribution in [3.05, 3.63) is 24.3 Å². The van der Waals surface area contributed by atoms with Crippen LogP contribution >= 0.6 is 11.8 Å². The summed E-state index contributed by atoms with van der Waals surface area (Å²) in [6, 6.07) is 6.10. The maximum Gasteiger partial charge on any atom is 0.446 e. The molecule has 1 saturated heterocycles. The highest BCUT2D eigenvalue weighted by Gasteiger charge is 2.29. The van der Waals surface area contributed by atoms with Crippen molar-refractivity contribution in [2.45, 2.75) is 35.8 Å². The zero-order valence-corrected chi connectivity index (χ0v) is 11.2. The van der Waals surface area contributed by atoms with Gasteiger partial charge in [0.25, 0.3) is 0 Å². The van der Waals surface area contributed by atoms with E-state index in [9.17, 15) is 13.2 Å². The van der Waals surface area contributed by atoms with Gasteiger partial charge in [0, 0.05) is 4.90 Å². The largest absolute Gasteiger partial charge is 0.490 e. The molecule has 1 aromatic carbocycles. The molecule has 0 bridgehead atoms. The van der Waals surface area contributed by atoms with Crippen molar-refractivity contribution in [2.75, 3.05) is 13.1 Å². The summed E-state index contributed by atoms with van der Waals surface area (Å²) in [6.45, 7) is 1.92. The second-order valence-electron chi connectivity index (χ2n) is 4.44. The van der Waals surface area contributed by atoms with E-state index in [1.54, 1.807) is 12.1 Å². The molecule has 0 aliphatic carbocycles. The van der Waals surface area contributed by atoms with Gasteiger partial charge >= 0.3 is 5.51 Å². The summed E-state index contributed by atoms with van der Waals surface area (Å²) < 4.78 is 42.3. The molecule has 1 aromatic rings. The van der Waals surface area contributed by atoms with Crippen LogP contribution in [-0.2, 0) is 0 Å². The van der Waals surface area contributed by atoms with E-state index in [-0.39, 0.29) is 22.8 Å². The van der Waals surface area contributed by atoms with Gasteiger partial charge < -0.3 is 10.1 Å². The molecule has 1 heterocycles. The van der Waals surface area contributed by atoms with Crippen LogP contribution in [0.4, 0.5) is 13.2 Å². The molecule has 106 valence electrons. The Labute approximate surface area is 114 Å². The van der Waals surface area contributed by atoms with Gasteiger partial charge in [-0.2, -0.15) is 13.2 Å². The predicted octanol–water partition coefficient (Wildman–Crippen LogP) is 3.82. The topological polar surface area (TPSA) is 21.3 Å². The zero-order valence-electron chi connectivity index (χ0n) is 10.4. The molecule has 1 atom stereocenters. The molecule has 0 aromatic heterocycles. The van der Waals surface area contributed by atoms with Crippen LogP contribution < -0.4 is 10.1 Å². The molecular weight excluding hydrogens is 275 g/mol. The van der Waals surface area contributed by atoms with Crippen molar-refractivity contribution in [1.29, 1.82) is 0 Å². The molecule has 1 aliphatic heterocycles. The molecule has 2 nitrogen and oxygen atoms in total. The average Bonchev–Trinajstić information content (AvgIpc) is 2.58. The minimum atomic E-state index is -4.24. The normalized spacial score (nSPS) is 20.9. The third-order valence-electron chi connectivity index (χ3n) is 2.88. The van der Waals surface area contributed by atoms with Crippen LogP contribution in [0.15, 0.2) is 29.2 Å². The molecule has 0 amide bonds. The Kier molecular flexibility index (Phi) is 4.99. The van der Waals surface area contributed by atoms with Gasteiger partial charge in [-0.1, -0.05) is 0 Å². The van der Waals surface area contributed by atoms with E-state index >= 15 is 0 Å². The lowest BCUT2D eigenvalue weighted by Gasteiger charge is -2.17. The van der Waals surface area contributed by atoms with Crippen molar-refractivity contribution in [3.63, 3.8) is 0 Å². The van der Waals surface area contributed by atoms with Crippen molar-refractivity contribution >= 4 is 11.8 Å². The van der Waals surface area contributed by atoms with E-state index in [0.717, 1.165) is 32.4 Å². The summed E-state index contributed by atoms with van der Waals surface area (Å²) in [5, 5.41) is 3.29. The Morgan fingerprint density at radius 2 is 1.84 bits per heavy atom. The minimum Gasteiger partial charge on any atom is -0.490 e. The molecule has 6 heteroatoms. The second-order valence-corrected chi connectivity index (χ2v) is 5.58. The van der Waals surface area contributed by atoms with Crippen LogP contribution in [-0.4, -0.2) is 24.7 Å². The molecule has 1 aliphatic rings. The maximum absolute atomic E-state index is 12.2. The highest BCUT2D eigenvalue weighted by molar-refractivity contribution is 8.00. The molecular formula is C13H16F3NOS. The lowest BCUT2D eigenvalue weighted by Crippen LogP contribution is -2.19. The molecule has 0 spiro atoms. The number of thioether (sulfide) groups is 1. The first-order valence-corrected chi connectivity index (χ1v) is 7.08. The summed E-state index contributed by atoms with van der Waals surface area (Å²) in [5.41, 5.74) is -4.24. The third kappa shape index (κ3) is 5.32. The van der Waals surface area contributed by atoms with Crippen LogP contribution in [0, 0.1) is 0 Å². The molecule has 0 saturated carbocycles. The van der Waals surface area contributed by atoms with Crippen molar-refractivity contribution in [3.8, 4) is 5.75 Å². The van der Waals surface area contributed by atoms with Gasteiger partial charge in [0.05, 0.1) is 6.10 Å². The average molecular weight is 291 g/mol. The Balaban J connectivity index is 1.90. The number of rotatable bonds is 3. The van der Waals surface area contributed by atoms with Crippen LogP contribution in [0.1, 0.15) is 19.3 Å². The number of nitrogens with one attached hydrogen (secondary N) is 1. The fraction of sp³-hybridized carbons (Fsp3) is 0.538. The van der Waals surface area contributed by atoms with Crippen molar-refractivity contribution < 1.29 is 17.9 Å². The standard InChI is InChI=1S/C13H16F3NOS/c14-13(15,16)19-12-5-3-11(4-6-12)18-10-2-1-8-17-9-7-10/h3-6,10,17H,1-2,7-9H2. The predicted molar refractivity (Wildman–Crippen MR) is 69.5 cm³/mol. The monoisotopic (exact) mass is 291 g/mol. The lowest BCUT2D eigenvalue weighted by atomic mass is 10.1. The highest BCUT2D eigenvalue weighted by atomic mass is 32.2. The Bertz CT molecular complexity index is 386. The number of hydrogen-bond donors (Lipinski definition) is 1. The number of halogens is 3. The lowest BCUT2D eigenvalue weighted by molar-refractivity contribution is -0.0328. The first kappa shape index (κ1) is 14.5.